The monoisotopic (exact) mass is 234 g/mol. The Labute approximate surface area is 103 Å². The summed E-state index contributed by atoms with van der Waals surface area (Å²) in [5.41, 5.74) is 1.13. The van der Waals surface area contributed by atoms with Crippen molar-refractivity contribution >= 4 is 5.95 Å². The Morgan fingerprint density at radius 2 is 2.00 bits per heavy atom. The van der Waals surface area contributed by atoms with Gasteiger partial charge in [-0.25, -0.2) is 9.97 Å². The standard InChI is InChI=1S/C13H22N4/c1-10-4-5-17(9-11(10)2)13-15-7-12(6-14-3)8-16-13/h7-8,10-11,14H,4-6,9H2,1-3H3. The summed E-state index contributed by atoms with van der Waals surface area (Å²) in [4.78, 5) is 11.2. The molecule has 1 aromatic heterocycles. The van der Waals surface area contributed by atoms with Crippen LogP contribution in [0.5, 0.6) is 0 Å². The second kappa shape index (κ2) is 5.45. The zero-order valence-corrected chi connectivity index (χ0v) is 11.0. The molecule has 2 heterocycles. The molecule has 0 spiro atoms. The highest BCUT2D eigenvalue weighted by atomic mass is 15.3. The first kappa shape index (κ1) is 12.3. The Kier molecular flexibility index (Phi) is 3.94. The highest BCUT2D eigenvalue weighted by Crippen LogP contribution is 2.24. The van der Waals surface area contributed by atoms with Crippen LogP contribution in [-0.2, 0) is 6.54 Å². The third-order valence-electron chi connectivity index (χ3n) is 3.69. The molecule has 4 nitrogen and oxygen atoms in total. The molecule has 94 valence electrons. The molecule has 2 unspecified atom stereocenters. The summed E-state index contributed by atoms with van der Waals surface area (Å²) in [6.45, 7) is 7.63. The van der Waals surface area contributed by atoms with Gasteiger partial charge in [0.05, 0.1) is 0 Å². The average molecular weight is 234 g/mol. The van der Waals surface area contributed by atoms with Crippen molar-refractivity contribution in [3.8, 4) is 0 Å². The van der Waals surface area contributed by atoms with Gasteiger partial charge in [0.25, 0.3) is 0 Å². The maximum atomic E-state index is 4.46. The first-order chi connectivity index (χ1) is 8.20. The van der Waals surface area contributed by atoms with Crippen molar-refractivity contribution in [3.63, 3.8) is 0 Å². The molecule has 2 rings (SSSR count). The third-order valence-corrected chi connectivity index (χ3v) is 3.69. The fraction of sp³-hybridized carbons (Fsp3) is 0.692. The molecule has 0 saturated carbocycles. The summed E-state index contributed by atoms with van der Waals surface area (Å²) in [6.07, 6.45) is 5.08. The van der Waals surface area contributed by atoms with Gasteiger partial charge in [-0.3, -0.25) is 0 Å². The Hall–Kier alpha value is -1.16. The number of nitrogens with one attached hydrogen (secondary N) is 1. The first-order valence-corrected chi connectivity index (χ1v) is 6.41. The Morgan fingerprint density at radius 3 is 2.59 bits per heavy atom. The molecule has 1 aliphatic rings. The molecule has 0 bridgehead atoms. The van der Waals surface area contributed by atoms with Gasteiger partial charge in [0, 0.05) is 37.6 Å². The van der Waals surface area contributed by atoms with E-state index in [9.17, 15) is 0 Å². The van der Waals surface area contributed by atoms with Crippen molar-refractivity contribution in [3.05, 3.63) is 18.0 Å². The number of nitrogens with zero attached hydrogens (tertiary/aromatic N) is 3. The van der Waals surface area contributed by atoms with Gasteiger partial charge in [-0.15, -0.1) is 0 Å². The zero-order chi connectivity index (χ0) is 12.3. The quantitative estimate of drug-likeness (QED) is 0.864. The zero-order valence-electron chi connectivity index (χ0n) is 11.0. The summed E-state index contributed by atoms with van der Waals surface area (Å²) < 4.78 is 0. The van der Waals surface area contributed by atoms with Crippen LogP contribution < -0.4 is 10.2 Å². The van der Waals surface area contributed by atoms with E-state index in [1.807, 2.05) is 19.4 Å². The Balaban J connectivity index is 2.02. The predicted molar refractivity (Wildman–Crippen MR) is 70.0 cm³/mol. The van der Waals surface area contributed by atoms with Crippen LogP contribution in [0.2, 0.25) is 0 Å². The van der Waals surface area contributed by atoms with Crippen LogP contribution in [0.15, 0.2) is 12.4 Å². The van der Waals surface area contributed by atoms with Gasteiger partial charge in [0.1, 0.15) is 0 Å². The lowest BCUT2D eigenvalue weighted by Crippen LogP contribution is -2.39. The summed E-state index contributed by atoms with van der Waals surface area (Å²) in [5, 5.41) is 3.10. The maximum Gasteiger partial charge on any atom is 0.225 e. The van der Waals surface area contributed by atoms with Crippen LogP contribution >= 0.6 is 0 Å². The molecule has 0 amide bonds. The molecule has 1 saturated heterocycles. The normalized spacial score (nSPS) is 25.0. The van der Waals surface area contributed by atoms with Crippen LogP contribution in [0, 0.1) is 11.8 Å². The lowest BCUT2D eigenvalue weighted by molar-refractivity contribution is 0.321. The molecule has 4 heteroatoms. The van der Waals surface area contributed by atoms with Gasteiger partial charge >= 0.3 is 0 Å². The highest BCUT2D eigenvalue weighted by molar-refractivity contribution is 5.30. The summed E-state index contributed by atoms with van der Waals surface area (Å²) >= 11 is 0. The molecular formula is C13H22N4. The molecule has 1 aliphatic heterocycles. The molecular weight excluding hydrogens is 212 g/mol. The molecule has 17 heavy (non-hydrogen) atoms. The van der Waals surface area contributed by atoms with Crippen molar-refractivity contribution in [2.75, 3.05) is 25.0 Å². The van der Waals surface area contributed by atoms with E-state index >= 15 is 0 Å². The van der Waals surface area contributed by atoms with Crippen LogP contribution in [0.1, 0.15) is 25.8 Å². The summed E-state index contributed by atoms with van der Waals surface area (Å²) in [6, 6.07) is 0. The van der Waals surface area contributed by atoms with Crippen LogP contribution in [-0.4, -0.2) is 30.1 Å². The minimum Gasteiger partial charge on any atom is -0.341 e. The van der Waals surface area contributed by atoms with E-state index in [-0.39, 0.29) is 0 Å². The fourth-order valence-corrected chi connectivity index (χ4v) is 2.25. The maximum absolute atomic E-state index is 4.46. The number of anilines is 1. The minimum atomic E-state index is 0.726. The van der Waals surface area contributed by atoms with Crippen molar-refractivity contribution in [1.29, 1.82) is 0 Å². The Bertz CT molecular complexity index is 349. The predicted octanol–water partition coefficient (Wildman–Crippen LogP) is 1.68. The second-order valence-corrected chi connectivity index (χ2v) is 5.11. The van der Waals surface area contributed by atoms with Gasteiger partial charge in [-0.05, 0) is 25.3 Å². The number of hydrogen-bond acceptors (Lipinski definition) is 4. The van der Waals surface area contributed by atoms with E-state index < -0.39 is 0 Å². The minimum absolute atomic E-state index is 0.726. The van der Waals surface area contributed by atoms with Crippen LogP contribution in [0.3, 0.4) is 0 Å². The van der Waals surface area contributed by atoms with Gasteiger partial charge in [0.2, 0.25) is 5.95 Å². The Morgan fingerprint density at radius 1 is 1.29 bits per heavy atom. The van der Waals surface area contributed by atoms with Crippen molar-refractivity contribution < 1.29 is 0 Å². The van der Waals surface area contributed by atoms with Crippen molar-refractivity contribution in [2.24, 2.45) is 11.8 Å². The number of piperidine rings is 1. The topological polar surface area (TPSA) is 41.1 Å². The lowest BCUT2D eigenvalue weighted by atomic mass is 9.89. The highest BCUT2D eigenvalue weighted by Gasteiger charge is 2.23. The first-order valence-electron chi connectivity index (χ1n) is 6.41. The van der Waals surface area contributed by atoms with Crippen molar-refractivity contribution in [1.82, 2.24) is 15.3 Å². The SMILES string of the molecule is CNCc1cnc(N2CCC(C)C(C)C2)nc1. The molecule has 0 aromatic carbocycles. The average Bonchev–Trinajstić information content (AvgIpc) is 2.34. The van der Waals surface area contributed by atoms with E-state index in [0.717, 1.165) is 43.0 Å². The van der Waals surface area contributed by atoms with Gasteiger partial charge in [0.15, 0.2) is 0 Å². The lowest BCUT2D eigenvalue weighted by Gasteiger charge is -2.35. The van der Waals surface area contributed by atoms with E-state index in [4.69, 9.17) is 0 Å². The summed E-state index contributed by atoms with van der Waals surface area (Å²) in [5.74, 6) is 2.42. The van der Waals surface area contributed by atoms with Gasteiger partial charge in [-0.2, -0.15) is 0 Å². The van der Waals surface area contributed by atoms with Gasteiger partial charge < -0.3 is 10.2 Å². The fourth-order valence-electron chi connectivity index (χ4n) is 2.25. The van der Waals surface area contributed by atoms with Gasteiger partial charge in [-0.1, -0.05) is 13.8 Å². The van der Waals surface area contributed by atoms with Crippen LogP contribution in [0.25, 0.3) is 0 Å². The van der Waals surface area contributed by atoms with E-state index in [1.54, 1.807) is 0 Å². The van der Waals surface area contributed by atoms with E-state index in [0.29, 0.717) is 0 Å². The molecule has 1 fully saturated rings. The molecule has 2 atom stereocenters. The van der Waals surface area contributed by atoms with Crippen molar-refractivity contribution in [2.45, 2.75) is 26.8 Å². The third kappa shape index (κ3) is 2.94. The molecule has 1 aromatic rings. The number of hydrogen-bond donors (Lipinski definition) is 1. The number of aromatic nitrogens is 2. The molecule has 0 radical (unpaired) electrons. The summed E-state index contributed by atoms with van der Waals surface area (Å²) in [7, 11) is 1.93. The smallest absolute Gasteiger partial charge is 0.225 e. The molecule has 0 aliphatic carbocycles. The van der Waals surface area contributed by atoms with Crippen LogP contribution in [0.4, 0.5) is 5.95 Å². The van der Waals surface area contributed by atoms with E-state index in [2.05, 4.69) is 34.0 Å². The second-order valence-electron chi connectivity index (χ2n) is 5.11. The number of rotatable bonds is 3. The largest absolute Gasteiger partial charge is 0.341 e. The molecule has 1 N–H and O–H groups in total. The van der Waals surface area contributed by atoms with E-state index in [1.165, 1.54) is 6.42 Å².